The summed E-state index contributed by atoms with van der Waals surface area (Å²) >= 11 is 0. The van der Waals surface area contributed by atoms with Crippen LogP contribution in [-0.4, -0.2) is 55.5 Å². The molecule has 96 heavy (non-hydrogen) atoms. The molecule has 0 bridgehead atoms. The molecule has 516 valence electrons. The highest BCUT2D eigenvalue weighted by Crippen LogP contribution is 2.46. The fourth-order valence-corrected chi connectivity index (χ4v) is 14.6. The highest BCUT2D eigenvalue weighted by molar-refractivity contribution is 5.90. The third kappa shape index (κ3) is 26.2. The van der Waals surface area contributed by atoms with Gasteiger partial charge in [-0.15, -0.1) is 0 Å². The van der Waals surface area contributed by atoms with E-state index in [0.29, 0.717) is 73.7 Å². The van der Waals surface area contributed by atoms with Crippen molar-refractivity contribution >= 4 is 17.9 Å². The van der Waals surface area contributed by atoms with Crippen LogP contribution in [0.5, 0.6) is 11.5 Å². The van der Waals surface area contributed by atoms with Gasteiger partial charge >= 0.3 is 17.9 Å². The summed E-state index contributed by atoms with van der Waals surface area (Å²) in [5, 5.41) is 0. The van der Waals surface area contributed by atoms with Gasteiger partial charge in [-0.3, -0.25) is 0 Å². The van der Waals surface area contributed by atoms with E-state index in [9.17, 15) is 14.4 Å². The average Bonchev–Trinajstić information content (AvgIpc) is 0.825. The molecule has 4 aliphatic rings. The van der Waals surface area contributed by atoms with Crippen molar-refractivity contribution in [2.45, 2.75) is 244 Å². The van der Waals surface area contributed by atoms with Gasteiger partial charge in [0.2, 0.25) is 0 Å². The highest BCUT2D eigenvalue weighted by Gasteiger charge is 2.42. The molecule has 0 radical (unpaired) electrons. The van der Waals surface area contributed by atoms with E-state index in [0.717, 1.165) is 142 Å². The number of hydrogen-bond donors (Lipinski definition) is 0. The van der Waals surface area contributed by atoms with Crippen molar-refractivity contribution in [3.05, 3.63) is 168 Å². The lowest BCUT2D eigenvalue weighted by Gasteiger charge is -2.41. The Kier molecular flexibility index (Phi) is 33.5. The normalized spacial score (nSPS) is 22.0. The number of esters is 3. The van der Waals surface area contributed by atoms with Gasteiger partial charge in [0.25, 0.3) is 0 Å². The SMILES string of the molecule is C=CC(=C)OCCCCCCOc1ccc(C(=O)OC2(C#Cc3ccc(C#Cc4ccc(C#CC5(OC(=O)c6ccc(OCCCCCCOC(=O)C=C)cc6)CCC(C6CCC(CCCCC)CC6)CC5)cc4)cc3)CCC(C3CCC(CCCCC)CC3)CC2)cc1.CC. The van der Waals surface area contributed by atoms with Crippen molar-refractivity contribution < 1.29 is 42.8 Å². The summed E-state index contributed by atoms with van der Waals surface area (Å²) in [5.74, 6) is 26.0. The standard InChI is InChI=1S/C85H108O9.C2H6/c1-6-10-16-22-67-34-38-73(39-35-67)75-52-58-84(59-53-75,93-82(87)77-42-46-79(47-43-77)90-63-19-13-12-18-62-89-66(5)8-3)56-50-71-30-26-69(27-31-71)24-25-70-28-32-72(33-29-70)51-57-85(60-54-76(55-61-85)74-40-36-68(37-41-74)23-17-11-7-2)94-83(88)78-44-48-80(49-45-78)91-64-20-14-15-21-65-92-81(86)9-4;1-2/h8-9,26-33,42-49,67-68,73-76H,3-7,10-23,34-41,52-55,58-65H2,1-2H3;1-2H3. The van der Waals surface area contributed by atoms with Gasteiger partial charge in [0.1, 0.15) is 17.3 Å². The van der Waals surface area contributed by atoms with Crippen LogP contribution in [0.1, 0.15) is 276 Å². The molecule has 9 heteroatoms. The molecule has 0 unspecified atom stereocenters. The fourth-order valence-electron chi connectivity index (χ4n) is 14.6. The predicted octanol–water partition coefficient (Wildman–Crippen LogP) is 21.5. The van der Waals surface area contributed by atoms with Crippen molar-refractivity contribution in [2.24, 2.45) is 35.5 Å². The average molecular weight is 1300 g/mol. The minimum atomic E-state index is -0.890. The summed E-state index contributed by atoms with van der Waals surface area (Å²) in [6.45, 7) is 21.7. The molecule has 0 saturated heterocycles. The summed E-state index contributed by atoms with van der Waals surface area (Å²) in [5.41, 5.74) is 2.65. The Balaban J connectivity index is 0.00000644. The minimum Gasteiger partial charge on any atom is -0.494 e. The molecule has 4 aliphatic carbocycles. The van der Waals surface area contributed by atoms with E-state index in [4.69, 9.17) is 28.4 Å². The monoisotopic (exact) mass is 1300 g/mol. The van der Waals surface area contributed by atoms with Crippen LogP contribution in [0.15, 0.2) is 135 Å². The molecule has 4 aromatic carbocycles. The Morgan fingerprint density at radius 1 is 0.417 bits per heavy atom. The number of ether oxygens (including phenoxy) is 6. The van der Waals surface area contributed by atoms with Crippen LogP contribution in [0.25, 0.3) is 0 Å². The van der Waals surface area contributed by atoms with Crippen molar-refractivity contribution in [2.75, 3.05) is 26.4 Å². The third-order valence-electron chi connectivity index (χ3n) is 20.5. The van der Waals surface area contributed by atoms with Gasteiger partial charge in [0, 0.05) is 28.3 Å². The van der Waals surface area contributed by atoms with Gasteiger partial charge in [0.15, 0.2) is 11.2 Å². The number of hydrogen-bond acceptors (Lipinski definition) is 9. The fraction of sp³-hybridized carbons (Fsp3) is 0.552. The zero-order chi connectivity index (χ0) is 68.1. The molecule has 0 spiro atoms. The zero-order valence-electron chi connectivity index (χ0n) is 59.1. The van der Waals surface area contributed by atoms with Gasteiger partial charge in [-0.05, 0) is 279 Å². The number of rotatable bonds is 33. The van der Waals surface area contributed by atoms with Gasteiger partial charge in [-0.1, -0.05) is 148 Å². The first-order valence-electron chi connectivity index (χ1n) is 37.4. The first kappa shape index (κ1) is 76.0. The molecular formula is C87H114O9. The predicted molar refractivity (Wildman–Crippen MR) is 391 cm³/mol. The molecule has 4 aromatic rings. The van der Waals surface area contributed by atoms with Crippen LogP contribution in [0.3, 0.4) is 0 Å². The molecule has 0 N–H and O–H groups in total. The van der Waals surface area contributed by atoms with E-state index < -0.39 is 11.2 Å². The molecule has 8 rings (SSSR count). The second-order valence-corrected chi connectivity index (χ2v) is 27.4. The largest absolute Gasteiger partial charge is 0.494 e. The van der Waals surface area contributed by atoms with Crippen LogP contribution >= 0.6 is 0 Å². The van der Waals surface area contributed by atoms with E-state index in [1.165, 1.54) is 109 Å². The van der Waals surface area contributed by atoms with Crippen LogP contribution in [0.4, 0.5) is 0 Å². The molecule has 0 atom stereocenters. The highest BCUT2D eigenvalue weighted by atomic mass is 16.6. The second kappa shape index (κ2) is 42.3. The second-order valence-electron chi connectivity index (χ2n) is 27.4. The van der Waals surface area contributed by atoms with Crippen LogP contribution in [-0.2, 0) is 23.7 Å². The van der Waals surface area contributed by atoms with Gasteiger partial charge < -0.3 is 28.4 Å². The van der Waals surface area contributed by atoms with Crippen molar-refractivity contribution in [3.8, 4) is 47.0 Å². The maximum Gasteiger partial charge on any atom is 0.339 e. The summed E-state index contributed by atoms with van der Waals surface area (Å²) < 4.78 is 35.7. The van der Waals surface area contributed by atoms with E-state index in [1.54, 1.807) is 30.3 Å². The van der Waals surface area contributed by atoms with Crippen molar-refractivity contribution in [3.63, 3.8) is 0 Å². The first-order chi connectivity index (χ1) is 46.9. The lowest BCUT2D eigenvalue weighted by atomic mass is 9.67. The zero-order valence-corrected chi connectivity index (χ0v) is 59.1. The maximum absolute atomic E-state index is 14.0. The molecule has 0 heterocycles. The Morgan fingerprint density at radius 2 is 0.760 bits per heavy atom. The maximum atomic E-state index is 14.0. The Morgan fingerprint density at radius 3 is 1.11 bits per heavy atom. The molecule has 4 saturated carbocycles. The van der Waals surface area contributed by atoms with E-state index in [2.05, 4.69) is 69.1 Å². The van der Waals surface area contributed by atoms with Gasteiger partial charge in [0.05, 0.1) is 37.6 Å². The summed E-state index contributed by atoms with van der Waals surface area (Å²) in [7, 11) is 0. The molecular weight excluding hydrogens is 1190 g/mol. The number of carbonyl (C=O) groups is 3. The number of carbonyl (C=O) groups excluding carboxylic acids is 3. The van der Waals surface area contributed by atoms with Crippen molar-refractivity contribution in [1.82, 2.24) is 0 Å². The third-order valence-corrected chi connectivity index (χ3v) is 20.5. The van der Waals surface area contributed by atoms with Gasteiger partial charge in [-0.2, -0.15) is 0 Å². The van der Waals surface area contributed by atoms with Gasteiger partial charge in [-0.25, -0.2) is 14.4 Å². The van der Waals surface area contributed by atoms with E-state index >= 15 is 0 Å². The first-order valence-corrected chi connectivity index (χ1v) is 37.4. The lowest BCUT2D eigenvalue weighted by Crippen LogP contribution is -2.39. The smallest absolute Gasteiger partial charge is 0.339 e. The molecule has 4 fully saturated rings. The van der Waals surface area contributed by atoms with Crippen LogP contribution in [0.2, 0.25) is 0 Å². The molecule has 0 aliphatic heterocycles. The number of unbranched alkanes of at least 4 members (excludes halogenated alkanes) is 10. The summed E-state index contributed by atoms with van der Waals surface area (Å²) in [6, 6.07) is 30.6. The Hall–Kier alpha value is -7.41. The summed E-state index contributed by atoms with van der Waals surface area (Å²) in [4.78, 5) is 39.3. The summed E-state index contributed by atoms with van der Waals surface area (Å²) in [6.07, 6.45) is 38.6. The Bertz CT molecular complexity index is 2950. The minimum absolute atomic E-state index is 0.351. The lowest BCUT2D eigenvalue weighted by molar-refractivity contribution is -0.137. The number of allylic oxidation sites excluding steroid dienone is 1. The molecule has 0 aromatic heterocycles. The molecule has 0 amide bonds. The van der Waals surface area contributed by atoms with Crippen LogP contribution < -0.4 is 9.47 Å². The van der Waals surface area contributed by atoms with Crippen molar-refractivity contribution in [1.29, 1.82) is 0 Å². The van der Waals surface area contributed by atoms with E-state index in [-0.39, 0.29) is 17.9 Å². The van der Waals surface area contributed by atoms with E-state index in [1.807, 2.05) is 86.6 Å². The quantitative estimate of drug-likeness (QED) is 0.00877. The Labute approximate surface area is 579 Å². The topological polar surface area (TPSA) is 107 Å². The van der Waals surface area contributed by atoms with Crippen LogP contribution in [0, 0.1) is 71.0 Å². The molecule has 9 nitrogen and oxygen atoms in total. The number of benzene rings is 4.